The second kappa shape index (κ2) is 8.06. The molecule has 126 valence electrons. The molecule has 1 aromatic carbocycles. The van der Waals surface area contributed by atoms with E-state index in [4.69, 9.17) is 4.42 Å². The molecule has 0 spiro atoms. The van der Waals surface area contributed by atoms with E-state index in [1.54, 1.807) is 47.8 Å². The lowest BCUT2D eigenvalue weighted by atomic mass is 10.2. The van der Waals surface area contributed by atoms with Crippen molar-refractivity contribution in [1.29, 1.82) is 0 Å². The van der Waals surface area contributed by atoms with E-state index in [1.165, 1.54) is 18.2 Å². The average molecular weight is 336 g/mol. The van der Waals surface area contributed by atoms with Crippen LogP contribution in [-0.4, -0.2) is 15.8 Å². The largest absolute Gasteiger partial charge is 0.467 e. The van der Waals surface area contributed by atoms with E-state index < -0.39 is 0 Å². The zero-order valence-corrected chi connectivity index (χ0v) is 13.5. The van der Waals surface area contributed by atoms with Crippen molar-refractivity contribution in [1.82, 2.24) is 9.88 Å². The lowest BCUT2D eigenvalue weighted by molar-refractivity contribution is -0.127. The fraction of sp³-hybridized carbons (Fsp3) is 0.100. The molecule has 0 aliphatic rings. The summed E-state index contributed by atoms with van der Waals surface area (Å²) < 4.78 is 18.6. The van der Waals surface area contributed by atoms with Crippen LogP contribution in [-0.2, 0) is 17.9 Å². The molecule has 25 heavy (non-hydrogen) atoms. The predicted octanol–water partition coefficient (Wildman–Crippen LogP) is 4.06. The number of aromatic nitrogens is 1. The van der Waals surface area contributed by atoms with Crippen LogP contribution in [0.15, 0.2) is 77.7 Å². The molecule has 0 bridgehead atoms. The third-order valence-corrected chi connectivity index (χ3v) is 3.60. The Labute approximate surface area is 145 Å². The van der Waals surface area contributed by atoms with Gasteiger partial charge in [-0.05, 0) is 47.5 Å². The molecule has 0 N–H and O–H groups in total. The minimum atomic E-state index is -0.336. The van der Waals surface area contributed by atoms with Crippen LogP contribution in [0.25, 0.3) is 6.08 Å². The van der Waals surface area contributed by atoms with Crippen molar-refractivity contribution in [3.8, 4) is 0 Å². The van der Waals surface area contributed by atoms with Crippen molar-refractivity contribution >= 4 is 12.0 Å². The van der Waals surface area contributed by atoms with Crippen molar-refractivity contribution in [2.24, 2.45) is 0 Å². The first kappa shape index (κ1) is 16.6. The maximum Gasteiger partial charge on any atom is 0.247 e. The highest BCUT2D eigenvalue weighted by molar-refractivity contribution is 5.91. The van der Waals surface area contributed by atoms with Gasteiger partial charge in [0.25, 0.3) is 0 Å². The van der Waals surface area contributed by atoms with Crippen LogP contribution in [0.3, 0.4) is 0 Å². The SMILES string of the molecule is O=C(/C=C/c1cccc(F)c1)N(Cc1cccnc1)Cc1ccco1. The van der Waals surface area contributed by atoms with Gasteiger partial charge in [-0.2, -0.15) is 0 Å². The number of furan rings is 1. The highest BCUT2D eigenvalue weighted by atomic mass is 19.1. The lowest BCUT2D eigenvalue weighted by Crippen LogP contribution is -2.28. The van der Waals surface area contributed by atoms with E-state index in [2.05, 4.69) is 4.98 Å². The van der Waals surface area contributed by atoms with Gasteiger partial charge in [0.1, 0.15) is 11.6 Å². The van der Waals surface area contributed by atoms with Crippen molar-refractivity contribution in [3.63, 3.8) is 0 Å². The number of carbonyl (C=O) groups is 1. The topological polar surface area (TPSA) is 46.3 Å². The molecule has 2 aromatic heterocycles. The Bertz CT molecular complexity index is 845. The molecule has 0 fully saturated rings. The van der Waals surface area contributed by atoms with Gasteiger partial charge in [-0.25, -0.2) is 4.39 Å². The number of benzene rings is 1. The van der Waals surface area contributed by atoms with Crippen molar-refractivity contribution in [3.05, 3.63) is 96.0 Å². The van der Waals surface area contributed by atoms with E-state index >= 15 is 0 Å². The highest BCUT2D eigenvalue weighted by Crippen LogP contribution is 2.12. The van der Waals surface area contributed by atoms with E-state index in [-0.39, 0.29) is 11.7 Å². The number of amides is 1. The molecule has 3 rings (SSSR count). The Balaban J connectivity index is 1.76. The summed E-state index contributed by atoms with van der Waals surface area (Å²) in [6.07, 6.45) is 8.02. The van der Waals surface area contributed by atoms with Crippen LogP contribution < -0.4 is 0 Å². The summed E-state index contributed by atoms with van der Waals surface area (Å²) in [5.41, 5.74) is 1.55. The zero-order chi connectivity index (χ0) is 17.5. The summed E-state index contributed by atoms with van der Waals surface area (Å²) in [6, 6.07) is 13.4. The third-order valence-electron chi connectivity index (χ3n) is 3.60. The molecule has 0 saturated heterocycles. The zero-order valence-electron chi connectivity index (χ0n) is 13.5. The summed E-state index contributed by atoms with van der Waals surface area (Å²) in [5.74, 6) is 0.165. The molecule has 2 heterocycles. The van der Waals surface area contributed by atoms with Crippen LogP contribution in [0.4, 0.5) is 4.39 Å². The van der Waals surface area contributed by atoms with Gasteiger partial charge >= 0.3 is 0 Å². The summed E-state index contributed by atoms with van der Waals surface area (Å²) >= 11 is 0. The number of carbonyl (C=O) groups excluding carboxylic acids is 1. The van der Waals surface area contributed by atoms with Crippen LogP contribution in [0.2, 0.25) is 0 Å². The minimum Gasteiger partial charge on any atom is -0.467 e. The van der Waals surface area contributed by atoms with Crippen molar-refractivity contribution in [2.45, 2.75) is 13.1 Å². The van der Waals surface area contributed by atoms with Gasteiger partial charge in [-0.15, -0.1) is 0 Å². The molecule has 4 nitrogen and oxygen atoms in total. The first-order valence-electron chi connectivity index (χ1n) is 7.84. The fourth-order valence-corrected chi connectivity index (χ4v) is 2.40. The Morgan fingerprint density at radius 2 is 2.08 bits per heavy atom. The molecular weight excluding hydrogens is 319 g/mol. The molecule has 5 heteroatoms. The first-order valence-corrected chi connectivity index (χ1v) is 7.84. The number of halogens is 1. The monoisotopic (exact) mass is 336 g/mol. The lowest BCUT2D eigenvalue weighted by Gasteiger charge is -2.20. The molecule has 0 radical (unpaired) electrons. The summed E-state index contributed by atoms with van der Waals surface area (Å²) in [5, 5.41) is 0. The normalized spacial score (nSPS) is 10.9. The maximum absolute atomic E-state index is 13.2. The second-order valence-electron chi connectivity index (χ2n) is 5.52. The van der Waals surface area contributed by atoms with Crippen LogP contribution >= 0.6 is 0 Å². The Kier molecular flexibility index (Phi) is 5.36. The summed E-state index contributed by atoms with van der Waals surface area (Å²) in [4.78, 5) is 18.3. The van der Waals surface area contributed by atoms with E-state index in [0.717, 1.165) is 5.56 Å². The van der Waals surface area contributed by atoms with Gasteiger partial charge in [0.2, 0.25) is 5.91 Å². The average Bonchev–Trinajstić information content (AvgIpc) is 3.13. The van der Waals surface area contributed by atoms with Crippen LogP contribution in [0.5, 0.6) is 0 Å². The van der Waals surface area contributed by atoms with Crippen LogP contribution in [0.1, 0.15) is 16.9 Å². The van der Waals surface area contributed by atoms with Gasteiger partial charge in [0.05, 0.1) is 12.8 Å². The molecular formula is C20H17FN2O2. The van der Waals surface area contributed by atoms with E-state index in [1.807, 2.05) is 18.2 Å². The van der Waals surface area contributed by atoms with Gasteiger partial charge in [0.15, 0.2) is 0 Å². The smallest absolute Gasteiger partial charge is 0.247 e. The Morgan fingerprint density at radius 1 is 1.16 bits per heavy atom. The quantitative estimate of drug-likeness (QED) is 0.638. The minimum absolute atomic E-state index is 0.190. The predicted molar refractivity (Wildman–Crippen MR) is 92.6 cm³/mol. The molecule has 0 atom stereocenters. The number of rotatable bonds is 6. The van der Waals surface area contributed by atoms with Gasteiger partial charge in [-0.3, -0.25) is 9.78 Å². The fourth-order valence-electron chi connectivity index (χ4n) is 2.40. The number of pyridine rings is 1. The Morgan fingerprint density at radius 3 is 2.80 bits per heavy atom. The van der Waals surface area contributed by atoms with Gasteiger partial charge in [-0.1, -0.05) is 18.2 Å². The number of hydrogen-bond acceptors (Lipinski definition) is 3. The summed E-state index contributed by atoms with van der Waals surface area (Å²) in [6.45, 7) is 0.745. The molecule has 0 saturated carbocycles. The number of nitrogens with zero attached hydrogens (tertiary/aromatic N) is 2. The van der Waals surface area contributed by atoms with Crippen LogP contribution in [0, 0.1) is 5.82 Å². The third kappa shape index (κ3) is 4.88. The first-order chi connectivity index (χ1) is 12.2. The maximum atomic E-state index is 13.2. The van der Waals surface area contributed by atoms with Crippen molar-refractivity contribution < 1.29 is 13.6 Å². The molecule has 0 aliphatic heterocycles. The molecule has 0 aliphatic carbocycles. The molecule has 3 aromatic rings. The van der Waals surface area contributed by atoms with E-state index in [0.29, 0.717) is 24.4 Å². The second-order valence-corrected chi connectivity index (χ2v) is 5.52. The molecule has 1 amide bonds. The van der Waals surface area contributed by atoms with Gasteiger partial charge < -0.3 is 9.32 Å². The summed E-state index contributed by atoms with van der Waals surface area (Å²) in [7, 11) is 0. The highest BCUT2D eigenvalue weighted by Gasteiger charge is 2.13. The standard InChI is InChI=1S/C20H17FN2O2/c21-18-6-1-4-16(12-18)8-9-20(24)23(15-19-7-3-11-25-19)14-17-5-2-10-22-13-17/h1-13H,14-15H2/b9-8+. The molecule has 0 unspecified atom stereocenters. The van der Waals surface area contributed by atoms with Crippen molar-refractivity contribution in [2.75, 3.05) is 0 Å². The van der Waals surface area contributed by atoms with Gasteiger partial charge in [0, 0.05) is 25.0 Å². The van der Waals surface area contributed by atoms with E-state index in [9.17, 15) is 9.18 Å². The Hall–Kier alpha value is -3.21. The number of hydrogen-bond donors (Lipinski definition) is 0.